The topological polar surface area (TPSA) is 77.2 Å². The lowest BCUT2D eigenvalue weighted by Crippen LogP contribution is -2.19. The van der Waals surface area contributed by atoms with Gasteiger partial charge in [0.2, 0.25) is 10.0 Å². The van der Waals surface area contributed by atoms with Gasteiger partial charge in [-0.1, -0.05) is 105 Å². The smallest absolute Gasteiger partial charge is 0.238 e. The average Bonchev–Trinajstić information content (AvgIpc) is 2.85. The number of hydrogen-bond donors (Lipinski definition) is 1. The van der Waals surface area contributed by atoms with Crippen LogP contribution >= 0.6 is 0 Å². The molecular weight excluding hydrogens is 442 g/mol. The van der Waals surface area contributed by atoms with Gasteiger partial charge in [-0.05, 0) is 48.4 Å². The van der Waals surface area contributed by atoms with Crippen molar-refractivity contribution in [2.75, 3.05) is 0 Å². The molecule has 0 saturated heterocycles. The third kappa shape index (κ3) is 7.37. The van der Waals surface area contributed by atoms with Crippen molar-refractivity contribution < 1.29 is 13.2 Å². The van der Waals surface area contributed by atoms with E-state index >= 15 is 0 Å². The molecule has 0 aromatic heterocycles. The van der Waals surface area contributed by atoms with Gasteiger partial charge in [0.15, 0.2) is 5.78 Å². The normalized spacial score (nSPS) is 12.4. The van der Waals surface area contributed by atoms with Crippen molar-refractivity contribution in [1.29, 1.82) is 0 Å². The van der Waals surface area contributed by atoms with E-state index in [9.17, 15) is 13.2 Å². The highest BCUT2D eigenvalue weighted by molar-refractivity contribution is 7.89. The maximum absolute atomic E-state index is 13.2. The van der Waals surface area contributed by atoms with Gasteiger partial charge in [0, 0.05) is 11.5 Å². The SMILES string of the molecule is CC(C(=O)c1ccccc1S(N)(=O)=O)c1ccccc1CCCCCCCCc1ccccc1. The van der Waals surface area contributed by atoms with Gasteiger partial charge in [-0.3, -0.25) is 4.79 Å². The van der Waals surface area contributed by atoms with E-state index in [4.69, 9.17) is 5.14 Å². The number of aryl methyl sites for hydroxylation is 2. The van der Waals surface area contributed by atoms with Crippen LogP contribution in [0.2, 0.25) is 0 Å². The predicted octanol–water partition coefficient (Wildman–Crippen LogP) is 6.45. The molecule has 0 fully saturated rings. The van der Waals surface area contributed by atoms with Crippen LogP contribution in [0.4, 0.5) is 0 Å². The third-order valence-corrected chi connectivity index (χ3v) is 7.35. The van der Waals surface area contributed by atoms with Crippen LogP contribution in [0.1, 0.15) is 78.4 Å². The zero-order valence-electron chi connectivity index (χ0n) is 20.0. The average molecular weight is 478 g/mol. The van der Waals surface area contributed by atoms with Gasteiger partial charge >= 0.3 is 0 Å². The Morgan fingerprint density at radius 1 is 0.735 bits per heavy atom. The van der Waals surface area contributed by atoms with Gasteiger partial charge in [-0.15, -0.1) is 0 Å². The molecule has 3 rings (SSSR count). The highest BCUT2D eigenvalue weighted by Crippen LogP contribution is 2.27. The summed E-state index contributed by atoms with van der Waals surface area (Å²) in [5.74, 6) is -0.674. The van der Waals surface area contributed by atoms with Gasteiger partial charge in [-0.2, -0.15) is 0 Å². The maximum atomic E-state index is 13.2. The third-order valence-electron chi connectivity index (χ3n) is 6.38. The first kappa shape index (κ1) is 25.9. The first-order valence-corrected chi connectivity index (χ1v) is 13.7. The second-order valence-corrected chi connectivity index (χ2v) is 10.5. The molecule has 0 spiro atoms. The molecule has 0 amide bonds. The minimum atomic E-state index is -3.97. The number of nitrogens with two attached hydrogens (primary N) is 1. The molecule has 180 valence electrons. The zero-order chi connectivity index (χ0) is 24.4. The molecule has 3 aromatic carbocycles. The Morgan fingerprint density at radius 3 is 2.00 bits per heavy atom. The van der Waals surface area contributed by atoms with Crippen molar-refractivity contribution >= 4 is 15.8 Å². The summed E-state index contributed by atoms with van der Waals surface area (Å²) < 4.78 is 23.9. The van der Waals surface area contributed by atoms with E-state index < -0.39 is 15.9 Å². The minimum absolute atomic E-state index is 0.114. The van der Waals surface area contributed by atoms with Gasteiger partial charge in [0.1, 0.15) is 0 Å². The first-order chi connectivity index (χ1) is 16.4. The molecule has 0 bridgehead atoms. The predicted molar refractivity (Wildman–Crippen MR) is 139 cm³/mol. The van der Waals surface area contributed by atoms with Crippen LogP contribution in [0.3, 0.4) is 0 Å². The van der Waals surface area contributed by atoms with Crippen LogP contribution in [0.25, 0.3) is 0 Å². The van der Waals surface area contributed by atoms with E-state index in [-0.39, 0.29) is 16.2 Å². The highest BCUT2D eigenvalue weighted by atomic mass is 32.2. The first-order valence-electron chi connectivity index (χ1n) is 12.2. The largest absolute Gasteiger partial charge is 0.293 e. The van der Waals surface area contributed by atoms with E-state index in [0.29, 0.717) is 0 Å². The van der Waals surface area contributed by atoms with Gasteiger partial charge in [-0.25, -0.2) is 13.6 Å². The number of ketones is 1. The number of benzene rings is 3. The molecule has 0 heterocycles. The summed E-state index contributed by atoms with van der Waals surface area (Å²) in [5, 5.41) is 5.34. The van der Waals surface area contributed by atoms with E-state index in [1.807, 2.05) is 25.1 Å². The van der Waals surface area contributed by atoms with E-state index in [1.54, 1.807) is 18.2 Å². The monoisotopic (exact) mass is 477 g/mol. The number of sulfonamides is 1. The molecule has 34 heavy (non-hydrogen) atoms. The molecule has 4 nitrogen and oxygen atoms in total. The van der Waals surface area contributed by atoms with Gasteiger partial charge < -0.3 is 0 Å². The molecule has 0 radical (unpaired) electrons. The standard InChI is InChI=1S/C29H35NO3S/c1-23(29(31)27-21-13-14-22-28(27)34(30,32)33)26-20-12-11-19-25(26)18-10-5-3-2-4-7-15-24-16-8-6-9-17-24/h6,8-9,11-14,16-17,19-23H,2-5,7,10,15,18H2,1H3,(H2,30,32,33). The molecular formula is C29H35NO3S. The number of unbranched alkanes of at least 4 members (excludes halogenated alkanes) is 5. The summed E-state index contributed by atoms with van der Waals surface area (Å²) in [6.45, 7) is 1.84. The van der Waals surface area contributed by atoms with Crippen molar-refractivity contribution in [2.45, 2.75) is 69.1 Å². The summed E-state index contributed by atoms with van der Waals surface area (Å²) in [6, 6.07) is 24.8. The zero-order valence-corrected chi connectivity index (χ0v) is 20.8. The van der Waals surface area contributed by atoms with Crippen LogP contribution in [-0.2, 0) is 22.9 Å². The summed E-state index contributed by atoms with van der Waals surface area (Å²) in [6.07, 6.45) is 9.23. The molecule has 3 aromatic rings. The van der Waals surface area contributed by atoms with Crippen LogP contribution < -0.4 is 5.14 Å². The molecule has 5 heteroatoms. The van der Waals surface area contributed by atoms with Crippen molar-refractivity contribution in [2.24, 2.45) is 5.14 Å². The lowest BCUT2D eigenvalue weighted by atomic mass is 9.87. The lowest BCUT2D eigenvalue weighted by Gasteiger charge is -2.17. The number of Topliss-reactive ketones (excluding diaryl/α,β-unsaturated/α-hetero) is 1. The number of hydrogen-bond acceptors (Lipinski definition) is 3. The van der Waals surface area contributed by atoms with E-state index in [1.165, 1.54) is 37.3 Å². The van der Waals surface area contributed by atoms with Crippen molar-refractivity contribution in [1.82, 2.24) is 0 Å². The van der Waals surface area contributed by atoms with Crippen LogP contribution in [0, 0.1) is 0 Å². The van der Waals surface area contributed by atoms with E-state index in [0.717, 1.165) is 36.8 Å². The maximum Gasteiger partial charge on any atom is 0.238 e. The molecule has 2 N–H and O–H groups in total. The van der Waals surface area contributed by atoms with Crippen LogP contribution in [-0.4, -0.2) is 14.2 Å². The van der Waals surface area contributed by atoms with Crippen molar-refractivity contribution in [3.63, 3.8) is 0 Å². The molecule has 1 atom stereocenters. The molecule has 0 saturated carbocycles. The Morgan fingerprint density at radius 2 is 1.29 bits per heavy atom. The fraction of sp³-hybridized carbons (Fsp3) is 0.345. The number of carbonyl (C=O) groups is 1. The minimum Gasteiger partial charge on any atom is -0.293 e. The second kappa shape index (κ2) is 12.6. The van der Waals surface area contributed by atoms with Crippen LogP contribution in [0.15, 0.2) is 83.8 Å². The lowest BCUT2D eigenvalue weighted by molar-refractivity contribution is 0.0962. The molecule has 0 aliphatic rings. The Balaban J connectivity index is 1.51. The summed E-state index contributed by atoms with van der Waals surface area (Å²) in [7, 11) is -3.97. The molecule has 0 aliphatic carbocycles. The van der Waals surface area contributed by atoms with E-state index in [2.05, 4.69) is 36.4 Å². The highest BCUT2D eigenvalue weighted by Gasteiger charge is 2.25. The Kier molecular flexibility index (Phi) is 9.61. The Labute approximate surface area is 204 Å². The summed E-state index contributed by atoms with van der Waals surface area (Å²) in [5.41, 5.74) is 3.68. The fourth-order valence-electron chi connectivity index (χ4n) is 4.47. The Bertz CT molecular complexity index is 1170. The quantitative estimate of drug-likeness (QED) is 0.227. The second-order valence-electron chi connectivity index (χ2n) is 8.93. The van der Waals surface area contributed by atoms with Crippen LogP contribution in [0.5, 0.6) is 0 Å². The molecule has 1 unspecified atom stereocenters. The van der Waals surface area contributed by atoms with Gasteiger partial charge in [0.25, 0.3) is 0 Å². The number of carbonyl (C=O) groups excluding carboxylic acids is 1. The summed E-state index contributed by atoms with van der Waals surface area (Å²) >= 11 is 0. The van der Waals surface area contributed by atoms with Crippen molar-refractivity contribution in [3.8, 4) is 0 Å². The fourth-order valence-corrected chi connectivity index (χ4v) is 5.22. The molecule has 0 aliphatic heterocycles. The Hall–Kier alpha value is -2.76. The number of primary sulfonamides is 1. The summed E-state index contributed by atoms with van der Waals surface area (Å²) in [4.78, 5) is 13.1. The van der Waals surface area contributed by atoms with Crippen molar-refractivity contribution in [3.05, 3.63) is 101 Å². The van der Waals surface area contributed by atoms with Gasteiger partial charge in [0.05, 0.1) is 4.90 Å². The number of rotatable bonds is 13.